The number of phenols is 1. The van der Waals surface area contributed by atoms with E-state index in [1.165, 1.54) is 5.56 Å². The van der Waals surface area contributed by atoms with Crippen LogP contribution in [0.15, 0.2) is 24.3 Å². The molecule has 2 aliphatic heterocycles. The SMILES string of the molecule is COCCN1C[C@H](CN2CCC(c3cccc(O)c3)CC2)CC1=O. The van der Waals surface area contributed by atoms with Crippen molar-refractivity contribution in [1.82, 2.24) is 9.80 Å². The van der Waals surface area contributed by atoms with Crippen LogP contribution in [0.3, 0.4) is 0 Å². The van der Waals surface area contributed by atoms with E-state index in [4.69, 9.17) is 4.74 Å². The first kappa shape index (κ1) is 17.2. The molecule has 5 nitrogen and oxygen atoms in total. The maximum atomic E-state index is 12.0. The molecule has 1 atom stereocenters. The van der Waals surface area contributed by atoms with E-state index in [1.807, 2.05) is 17.0 Å². The van der Waals surface area contributed by atoms with E-state index in [-0.39, 0.29) is 5.91 Å². The minimum absolute atomic E-state index is 0.270. The number of amides is 1. The van der Waals surface area contributed by atoms with E-state index < -0.39 is 0 Å². The number of hydrogen-bond acceptors (Lipinski definition) is 4. The van der Waals surface area contributed by atoms with Crippen molar-refractivity contribution in [3.05, 3.63) is 29.8 Å². The van der Waals surface area contributed by atoms with Gasteiger partial charge >= 0.3 is 0 Å². The molecule has 2 saturated heterocycles. The third kappa shape index (κ3) is 4.28. The van der Waals surface area contributed by atoms with Crippen molar-refractivity contribution in [1.29, 1.82) is 0 Å². The second-order valence-electron chi connectivity index (χ2n) is 7.07. The Morgan fingerprint density at radius 2 is 2.08 bits per heavy atom. The van der Waals surface area contributed by atoms with Gasteiger partial charge in [-0.15, -0.1) is 0 Å². The molecule has 1 aromatic carbocycles. The second-order valence-corrected chi connectivity index (χ2v) is 7.07. The van der Waals surface area contributed by atoms with E-state index >= 15 is 0 Å². The highest BCUT2D eigenvalue weighted by Crippen LogP contribution is 2.30. The molecule has 0 saturated carbocycles. The molecular formula is C19H28N2O3. The molecule has 2 aliphatic rings. The van der Waals surface area contributed by atoms with Crippen LogP contribution in [0.1, 0.15) is 30.7 Å². The van der Waals surface area contributed by atoms with E-state index in [2.05, 4.69) is 11.0 Å². The Hall–Kier alpha value is -1.59. The number of ether oxygens (including phenoxy) is 1. The Bertz CT molecular complexity index is 555. The fraction of sp³-hybridized carbons (Fsp3) is 0.632. The summed E-state index contributed by atoms with van der Waals surface area (Å²) in [6.07, 6.45) is 2.92. The highest BCUT2D eigenvalue weighted by Gasteiger charge is 2.31. The molecule has 0 radical (unpaired) electrons. The summed E-state index contributed by atoms with van der Waals surface area (Å²) in [6, 6.07) is 7.66. The number of nitrogens with zero attached hydrogens (tertiary/aromatic N) is 2. The summed E-state index contributed by atoms with van der Waals surface area (Å²) in [4.78, 5) is 16.5. The fourth-order valence-corrected chi connectivity index (χ4v) is 3.99. The van der Waals surface area contributed by atoms with Gasteiger partial charge in [-0.2, -0.15) is 0 Å². The molecule has 0 spiro atoms. The van der Waals surface area contributed by atoms with Crippen LogP contribution in [0.25, 0.3) is 0 Å². The van der Waals surface area contributed by atoms with Gasteiger partial charge in [-0.25, -0.2) is 0 Å². The third-order valence-electron chi connectivity index (χ3n) is 5.31. The quantitative estimate of drug-likeness (QED) is 0.866. The Balaban J connectivity index is 1.45. The topological polar surface area (TPSA) is 53.0 Å². The van der Waals surface area contributed by atoms with E-state index in [1.54, 1.807) is 13.2 Å². The van der Waals surface area contributed by atoms with Crippen LogP contribution in [0, 0.1) is 5.92 Å². The van der Waals surface area contributed by atoms with Gasteiger partial charge in [-0.3, -0.25) is 4.79 Å². The number of methoxy groups -OCH3 is 1. The van der Waals surface area contributed by atoms with Crippen LogP contribution in [-0.4, -0.2) is 67.3 Å². The second kappa shape index (κ2) is 7.99. The standard InChI is InChI=1S/C19H28N2O3/c1-24-10-9-21-14-15(11-19(21)23)13-20-7-5-16(6-8-20)17-3-2-4-18(22)12-17/h2-4,12,15-16,22H,5-11,13-14H2,1H3/t15-/m0/s1. The van der Waals surface area contributed by atoms with Crippen molar-refractivity contribution in [2.45, 2.75) is 25.2 Å². The van der Waals surface area contributed by atoms with E-state index in [9.17, 15) is 9.90 Å². The van der Waals surface area contributed by atoms with Crippen LogP contribution in [-0.2, 0) is 9.53 Å². The average molecular weight is 332 g/mol. The first-order valence-corrected chi connectivity index (χ1v) is 8.93. The molecule has 2 fully saturated rings. The van der Waals surface area contributed by atoms with Crippen LogP contribution < -0.4 is 0 Å². The number of carbonyl (C=O) groups is 1. The molecule has 24 heavy (non-hydrogen) atoms. The smallest absolute Gasteiger partial charge is 0.223 e. The first-order chi connectivity index (χ1) is 11.7. The minimum atomic E-state index is 0.270. The minimum Gasteiger partial charge on any atom is -0.508 e. The lowest BCUT2D eigenvalue weighted by Crippen LogP contribution is -2.37. The highest BCUT2D eigenvalue weighted by molar-refractivity contribution is 5.78. The van der Waals surface area contributed by atoms with Crippen molar-refractivity contribution < 1.29 is 14.6 Å². The summed E-state index contributed by atoms with van der Waals surface area (Å²) in [5, 5.41) is 9.64. The number of piperidine rings is 1. The summed E-state index contributed by atoms with van der Waals surface area (Å²) >= 11 is 0. The summed E-state index contributed by atoms with van der Waals surface area (Å²) in [5.74, 6) is 1.62. The Morgan fingerprint density at radius 1 is 1.29 bits per heavy atom. The van der Waals surface area contributed by atoms with Crippen LogP contribution in [0.5, 0.6) is 5.75 Å². The zero-order chi connectivity index (χ0) is 16.9. The van der Waals surface area contributed by atoms with Gasteiger partial charge in [-0.1, -0.05) is 12.1 Å². The number of benzene rings is 1. The van der Waals surface area contributed by atoms with Crippen molar-refractivity contribution >= 4 is 5.91 Å². The lowest BCUT2D eigenvalue weighted by atomic mass is 9.89. The van der Waals surface area contributed by atoms with Crippen LogP contribution in [0.2, 0.25) is 0 Å². The third-order valence-corrected chi connectivity index (χ3v) is 5.31. The molecular weight excluding hydrogens is 304 g/mol. The van der Waals surface area contributed by atoms with Crippen LogP contribution in [0.4, 0.5) is 0 Å². The summed E-state index contributed by atoms with van der Waals surface area (Å²) < 4.78 is 5.08. The lowest BCUT2D eigenvalue weighted by Gasteiger charge is -2.33. The summed E-state index contributed by atoms with van der Waals surface area (Å²) in [5.41, 5.74) is 1.25. The predicted molar refractivity (Wildman–Crippen MR) is 93.1 cm³/mol. The number of carbonyl (C=O) groups excluding carboxylic acids is 1. The van der Waals surface area contributed by atoms with Crippen molar-refractivity contribution in [3.8, 4) is 5.75 Å². The Kier molecular flexibility index (Phi) is 5.74. The predicted octanol–water partition coefficient (Wildman–Crippen LogP) is 2.07. The van der Waals surface area contributed by atoms with Gasteiger partial charge in [0.15, 0.2) is 0 Å². The molecule has 5 heteroatoms. The Morgan fingerprint density at radius 3 is 2.79 bits per heavy atom. The number of aromatic hydroxyl groups is 1. The van der Waals surface area contributed by atoms with Gasteiger partial charge in [0.1, 0.15) is 5.75 Å². The van der Waals surface area contributed by atoms with Gasteiger partial charge < -0.3 is 19.6 Å². The van der Waals surface area contributed by atoms with Crippen molar-refractivity contribution in [3.63, 3.8) is 0 Å². The maximum Gasteiger partial charge on any atom is 0.223 e. The van der Waals surface area contributed by atoms with E-state index in [0.717, 1.165) is 39.0 Å². The van der Waals surface area contributed by atoms with Gasteiger partial charge in [0.2, 0.25) is 5.91 Å². The molecule has 0 unspecified atom stereocenters. The molecule has 1 N–H and O–H groups in total. The number of rotatable bonds is 6. The van der Waals surface area contributed by atoms with E-state index in [0.29, 0.717) is 37.2 Å². The monoisotopic (exact) mass is 332 g/mol. The molecule has 0 aliphatic carbocycles. The molecule has 0 aromatic heterocycles. The van der Waals surface area contributed by atoms with Gasteiger partial charge in [0.05, 0.1) is 6.61 Å². The molecule has 2 heterocycles. The zero-order valence-corrected chi connectivity index (χ0v) is 14.5. The molecule has 1 amide bonds. The first-order valence-electron chi connectivity index (χ1n) is 8.93. The normalized spacial score (nSPS) is 23.1. The molecule has 0 bridgehead atoms. The number of likely N-dealkylation sites (tertiary alicyclic amines) is 2. The maximum absolute atomic E-state index is 12.0. The fourth-order valence-electron chi connectivity index (χ4n) is 3.99. The van der Waals surface area contributed by atoms with Crippen molar-refractivity contribution in [2.24, 2.45) is 5.92 Å². The number of hydrogen-bond donors (Lipinski definition) is 1. The van der Waals surface area contributed by atoms with Gasteiger partial charge in [-0.05, 0) is 55.5 Å². The molecule has 132 valence electrons. The zero-order valence-electron chi connectivity index (χ0n) is 14.5. The number of phenolic OH excluding ortho intramolecular Hbond substituents is 1. The van der Waals surface area contributed by atoms with Crippen LogP contribution >= 0.6 is 0 Å². The highest BCUT2D eigenvalue weighted by atomic mass is 16.5. The van der Waals surface area contributed by atoms with Crippen molar-refractivity contribution in [2.75, 3.05) is 46.4 Å². The largest absolute Gasteiger partial charge is 0.508 e. The summed E-state index contributed by atoms with van der Waals surface area (Å²) in [7, 11) is 1.68. The molecule has 3 rings (SSSR count). The Labute approximate surface area is 144 Å². The lowest BCUT2D eigenvalue weighted by molar-refractivity contribution is -0.128. The molecule has 1 aromatic rings. The van der Waals surface area contributed by atoms with Gasteiger partial charge in [0.25, 0.3) is 0 Å². The summed E-state index contributed by atoms with van der Waals surface area (Å²) in [6.45, 7) is 5.36. The average Bonchev–Trinajstić information content (AvgIpc) is 2.93. The van der Waals surface area contributed by atoms with Gasteiger partial charge in [0, 0.05) is 33.2 Å².